The largest absolute Gasteiger partial charge is 0.496 e. The van der Waals surface area contributed by atoms with Crippen LogP contribution in [0.1, 0.15) is 24.0 Å². The van der Waals surface area contributed by atoms with Crippen molar-refractivity contribution in [3.8, 4) is 5.75 Å². The van der Waals surface area contributed by atoms with Gasteiger partial charge in [-0.25, -0.2) is 4.39 Å². The smallest absolute Gasteiger partial charge is 0.130 e. The van der Waals surface area contributed by atoms with Gasteiger partial charge in [0.25, 0.3) is 0 Å². The molecular weight excluding hydrogens is 217 g/mol. The zero-order valence-electron chi connectivity index (χ0n) is 10.6. The van der Waals surface area contributed by atoms with Crippen molar-refractivity contribution in [1.29, 1.82) is 0 Å². The molecule has 1 heterocycles. The van der Waals surface area contributed by atoms with Crippen LogP contribution in [0, 0.1) is 18.7 Å². The Morgan fingerprint density at radius 3 is 2.71 bits per heavy atom. The van der Waals surface area contributed by atoms with Gasteiger partial charge in [0.05, 0.1) is 7.11 Å². The second-order valence-electron chi connectivity index (χ2n) is 4.83. The van der Waals surface area contributed by atoms with Crippen LogP contribution in [-0.2, 0) is 6.42 Å². The number of piperidine rings is 1. The quantitative estimate of drug-likeness (QED) is 0.872. The molecule has 0 amide bonds. The molecule has 1 aliphatic rings. The predicted molar refractivity (Wildman–Crippen MR) is 67.0 cm³/mol. The molecule has 0 aliphatic carbocycles. The summed E-state index contributed by atoms with van der Waals surface area (Å²) in [6.07, 6.45) is 3.03. The molecule has 0 atom stereocenters. The maximum atomic E-state index is 14.0. The number of nitrogens with one attached hydrogen (secondary N) is 1. The first-order chi connectivity index (χ1) is 8.20. The highest BCUT2D eigenvalue weighted by Gasteiger charge is 2.18. The van der Waals surface area contributed by atoms with E-state index >= 15 is 0 Å². The van der Waals surface area contributed by atoms with E-state index in [1.54, 1.807) is 13.2 Å². The third kappa shape index (κ3) is 2.97. The lowest BCUT2D eigenvalue weighted by atomic mass is 9.90. The van der Waals surface area contributed by atoms with Crippen LogP contribution >= 0.6 is 0 Å². The summed E-state index contributed by atoms with van der Waals surface area (Å²) in [5.41, 5.74) is 1.65. The van der Waals surface area contributed by atoms with E-state index in [0.29, 0.717) is 11.7 Å². The Balaban J connectivity index is 2.18. The van der Waals surface area contributed by atoms with Crippen LogP contribution in [0.3, 0.4) is 0 Å². The Morgan fingerprint density at radius 2 is 2.06 bits per heavy atom. The van der Waals surface area contributed by atoms with Crippen molar-refractivity contribution < 1.29 is 9.13 Å². The Labute approximate surface area is 102 Å². The zero-order chi connectivity index (χ0) is 12.3. The van der Waals surface area contributed by atoms with Gasteiger partial charge in [-0.2, -0.15) is 0 Å². The van der Waals surface area contributed by atoms with E-state index in [2.05, 4.69) is 5.32 Å². The standard InChI is InChI=1S/C14H20FNO/c1-10-7-13(15)12(14(8-10)17-2)9-11-3-5-16-6-4-11/h7-8,11,16H,3-6,9H2,1-2H3. The van der Waals surface area contributed by atoms with Crippen molar-refractivity contribution in [2.24, 2.45) is 5.92 Å². The number of hydrogen-bond donors (Lipinski definition) is 1. The van der Waals surface area contributed by atoms with Gasteiger partial charge in [-0.1, -0.05) is 0 Å². The number of methoxy groups -OCH3 is 1. The minimum Gasteiger partial charge on any atom is -0.496 e. The summed E-state index contributed by atoms with van der Waals surface area (Å²) in [6, 6.07) is 3.51. The topological polar surface area (TPSA) is 21.3 Å². The van der Waals surface area contributed by atoms with Crippen LogP contribution < -0.4 is 10.1 Å². The zero-order valence-corrected chi connectivity index (χ0v) is 10.6. The molecule has 17 heavy (non-hydrogen) atoms. The molecule has 94 valence electrons. The average molecular weight is 237 g/mol. The molecule has 2 rings (SSSR count). The molecule has 3 heteroatoms. The summed E-state index contributed by atoms with van der Waals surface area (Å²) < 4.78 is 19.3. The number of hydrogen-bond acceptors (Lipinski definition) is 2. The SMILES string of the molecule is COc1cc(C)cc(F)c1CC1CCNCC1. The lowest BCUT2D eigenvalue weighted by Gasteiger charge is -2.23. The molecule has 1 N–H and O–H groups in total. The molecule has 0 aromatic heterocycles. The maximum absolute atomic E-state index is 14.0. The minimum absolute atomic E-state index is 0.125. The maximum Gasteiger partial charge on any atom is 0.130 e. The van der Waals surface area contributed by atoms with Gasteiger partial charge < -0.3 is 10.1 Å². The second-order valence-corrected chi connectivity index (χ2v) is 4.83. The van der Waals surface area contributed by atoms with Crippen molar-refractivity contribution in [3.05, 3.63) is 29.1 Å². The summed E-state index contributed by atoms with van der Waals surface area (Å²) in [5, 5.41) is 3.33. The molecule has 0 radical (unpaired) electrons. The molecule has 0 unspecified atom stereocenters. The summed E-state index contributed by atoms with van der Waals surface area (Å²) >= 11 is 0. The van der Waals surface area contributed by atoms with Crippen LogP contribution in [-0.4, -0.2) is 20.2 Å². The van der Waals surface area contributed by atoms with Crippen molar-refractivity contribution >= 4 is 0 Å². The molecule has 1 aromatic carbocycles. The van der Waals surface area contributed by atoms with Crippen molar-refractivity contribution in [2.75, 3.05) is 20.2 Å². The Hall–Kier alpha value is -1.09. The first kappa shape index (κ1) is 12.4. The number of benzene rings is 1. The summed E-state index contributed by atoms with van der Waals surface area (Å²) in [6.45, 7) is 3.97. The van der Waals surface area contributed by atoms with E-state index in [1.165, 1.54) is 0 Å². The number of rotatable bonds is 3. The van der Waals surface area contributed by atoms with Gasteiger partial charge in [-0.15, -0.1) is 0 Å². The molecule has 0 saturated carbocycles. The van der Waals surface area contributed by atoms with Gasteiger partial charge in [0.2, 0.25) is 0 Å². The fourth-order valence-electron chi connectivity index (χ4n) is 2.49. The van der Waals surface area contributed by atoms with Crippen LogP contribution in [0.15, 0.2) is 12.1 Å². The number of aryl methyl sites for hydroxylation is 1. The monoisotopic (exact) mass is 237 g/mol. The molecule has 1 aliphatic heterocycles. The fraction of sp³-hybridized carbons (Fsp3) is 0.571. The van der Waals surface area contributed by atoms with E-state index in [0.717, 1.165) is 43.5 Å². The molecular formula is C14H20FNO. The Kier molecular flexibility index (Phi) is 4.00. The van der Waals surface area contributed by atoms with Crippen LogP contribution in [0.2, 0.25) is 0 Å². The molecule has 1 fully saturated rings. The molecule has 0 spiro atoms. The van der Waals surface area contributed by atoms with E-state index < -0.39 is 0 Å². The highest BCUT2D eigenvalue weighted by Crippen LogP contribution is 2.28. The first-order valence-electron chi connectivity index (χ1n) is 6.24. The van der Waals surface area contributed by atoms with Gasteiger partial charge >= 0.3 is 0 Å². The van der Waals surface area contributed by atoms with Crippen LogP contribution in [0.5, 0.6) is 5.75 Å². The lowest BCUT2D eigenvalue weighted by Crippen LogP contribution is -2.28. The summed E-state index contributed by atoms with van der Waals surface area (Å²) in [7, 11) is 1.61. The van der Waals surface area contributed by atoms with E-state index in [-0.39, 0.29) is 5.82 Å². The second kappa shape index (κ2) is 5.50. The number of ether oxygens (including phenoxy) is 1. The van der Waals surface area contributed by atoms with E-state index in [1.807, 2.05) is 13.0 Å². The highest BCUT2D eigenvalue weighted by atomic mass is 19.1. The molecule has 1 aromatic rings. The summed E-state index contributed by atoms with van der Waals surface area (Å²) in [4.78, 5) is 0. The van der Waals surface area contributed by atoms with Crippen molar-refractivity contribution in [2.45, 2.75) is 26.2 Å². The minimum atomic E-state index is -0.125. The van der Waals surface area contributed by atoms with Gasteiger partial charge in [0, 0.05) is 5.56 Å². The third-order valence-electron chi connectivity index (χ3n) is 3.47. The van der Waals surface area contributed by atoms with Gasteiger partial charge in [-0.3, -0.25) is 0 Å². The normalized spacial score (nSPS) is 17.1. The Bertz CT molecular complexity index is 386. The van der Waals surface area contributed by atoms with E-state index in [4.69, 9.17) is 4.74 Å². The molecule has 2 nitrogen and oxygen atoms in total. The third-order valence-corrected chi connectivity index (χ3v) is 3.47. The van der Waals surface area contributed by atoms with Gasteiger partial charge in [-0.05, 0) is 62.9 Å². The van der Waals surface area contributed by atoms with Crippen LogP contribution in [0.25, 0.3) is 0 Å². The first-order valence-corrected chi connectivity index (χ1v) is 6.24. The fourth-order valence-corrected chi connectivity index (χ4v) is 2.49. The average Bonchev–Trinajstić information content (AvgIpc) is 2.33. The summed E-state index contributed by atoms with van der Waals surface area (Å²) in [5.74, 6) is 1.14. The van der Waals surface area contributed by atoms with Crippen molar-refractivity contribution in [3.63, 3.8) is 0 Å². The highest BCUT2D eigenvalue weighted by molar-refractivity contribution is 5.38. The molecule has 1 saturated heterocycles. The van der Waals surface area contributed by atoms with Crippen molar-refractivity contribution in [1.82, 2.24) is 5.32 Å². The Morgan fingerprint density at radius 1 is 1.35 bits per heavy atom. The number of halogens is 1. The van der Waals surface area contributed by atoms with Crippen LogP contribution in [0.4, 0.5) is 4.39 Å². The molecule has 0 bridgehead atoms. The van der Waals surface area contributed by atoms with Gasteiger partial charge in [0.1, 0.15) is 11.6 Å². The lowest BCUT2D eigenvalue weighted by molar-refractivity contribution is 0.355. The predicted octanol–water partition coefficient (Wildman–Crippen LogP) is 2.68. The van der Waals surface area contributed by atoms with E-state index in [9.17, 15) is 4.39 Å². The van der Waals surface area contributed by atoms with Gasteiger partial charge in [0.15, 0.2) is 0 Å².